The van der Waals surface area contributed by atoms with Crippen molar-refractivity contribution in [3.63, 3.8) is 0 Å². The van der Waals surface area contributed by atoms with E-state index in [4.69, 9.17) is 21.1 Å². The smallest absolute Gasteiger partial charge is 0.261 e. The van der Waals surface area contributed by atoms with Crippen LogP contribution in [0.15, 0.2) is 42.5 Å². The summed E-state index contributed by atoms with van der Waals surface area (Å²) in [5.41, 5.74) is 1.98. The van der Waals surface area contributed by atoms with E-state index in [2.05, 4.69) is 5.32 Å². The van der Waals surface area contributed by atoms with Gasteiger partial charge in [0.05, 0.1) is 6.04 Å². The molecule has 26 heavy (non-hydrogen) atoms. The van der Waals surface area contributed by atoms with Gasteiger partial charge in [-0.15, -0.1) is 0 Å². The Hall–Kier alpha value is -2.20. The quantitative estimate of drug-likeness (QED) is 0.727. The Morgan fingerprint density at radius 1 is 1.15 bits per heavy atom. The van der Waals surface area contributed by atoms with Gasteiger partial charge in [-0.2, -0.15) is 0 Å². The van der Waals surface area contributed by atoms with Crippen molar-refractivity contribution < 1.29 is 14.3 Å². The molecule has 0 radical (unpaired) electrons. The summed E-state index contributed by atoms with van der Waals surface area (Å²) in [7, 11) is 0. The van der Waals surface area contributed by atoms with E-state index in [0.29, 0.717) is 23.8 Å². The van der Waals surface area contributed by atoms with Crippen molar-refractivity contribution >= 4 is 17.5 Å². The van der Waals surface area contributed by atoms with Gasteiger partial charge in [0.2, 0.25) is 0 Å². The molecule has 2 aromatic rings. The maximum Gasteiger partial charge on any atom is 0.261 e. The number of rotatable bonds is 8. The largest absolute Gasteiger partial charge is 0.491 e. The van der Waals surface area contributed by atoms with Gasteiger partial charge < -0.3 is 14.8 Å². The van der Waals surface area contributed by atoms with Crippen LogP contribution in [0.2, 0.25) is 5.02 Å². The number of hydrogen-bond donors (Lipinski definition) is 1. The van der Waals surface area contributed by atoms with E-state index in [-0.39, 0.29) is 11.9 Å². The molecule has 0 heterocycles. The molecule has 0 aliphatic carbocycles. The van der Waals surface area contributed by atoms with Crippen LogP contribution in [0.1, 0.15) is 31.4 Å². The first-order chi connectivity index (χ1) is 12.4. The van der Waals surface area contributed by atoms with E-state index in [1.54, 1.807) is 12.1 Å². The van der Waals surface area contributed by atoms with Gasteiger partial charge in [0.15, 0.2) is 6.10 Å². The van der Waals surface area contributed by atoms with E-state index in [9.17, 15) is 4.79 Å². The van der Waals surface area contributed by atoms with Gasteiger partial charge in [-0.25, -0.2) is 0 Å². The maximum atomic E-state index is 12.5. The van der Waals surface area contributed by atoms with Crippen LogP contribution in [0.3, 0.4) is 0 Å². The van der Waals surface area contributed by atoms with Crippen molar-refractivity contribution in [1.82, 2.24) is 5.32 Å². The Morgan fingerprint density at radius 3 is 2.54 bits per heavy atom. The number of carbonyl (C=O) groups is 1. The molecule has 2 rings (SSSR count). The minimum atomic E-state index is -0.559. The first kappa shape index (κ1) is 20.1. The molecule has 0 unspecified atom stereocenters. The number of hydrogen-bond acceptors (Lipinski definition) is 3. The Morgan fingerprint density at radius 2 is 1.88 bits per heavy atom. The molecule has 0 aromatic heterocycles. The predicted octanol–water partition coefficient (Wildman–Crippen LogP) is 4.70. The van der Waals surface area contributed by atoms with Crippen LogP contribution in [0.25, 0.3) is 0 Å². The van der Waals surface area contributed by atoms with Gasteiger partial charge in [-0.1, -0.05) is 36.7 Å². The van der Waals surface area contributed by atoms with Crippen LogP contribution in [-0.2, 0) is 4.79 Å². The van der Waals surface area contributed by atoms with Gasteiger partial charge in [0.1, 0.15) is 18.1 Å². The minimum Gasteiger partial charge on any atom is -0.491 e. The first-order valence-corrected chi connectivity index (χ1v) is 9.20. The van der Waals surface area contributed by atoms with E-state index < -0.39 is 6.10 Å². The Balaban J connectivity index is 1.89. The van der Waals surface area contributed by atoms with E-state index in [1.807, 2.05) is 58.0 Å². The second-order valence-electron chi connectivity index (χ2n) is 6.41. The minimum absolute atomic E-state index is 0.133. The van der Waals surface area contributed by atoms with Gasteiger partial charge in [-0.05, 0) is 62.6 Å². The lowest BCUT2D eigenvalue weighted by atomic mass is 10.2. The molecule has 2 aromatic carbocycles. The molecule has 1 N–H and O–H groups in total. The van der Waals surface area contributed by atoms with E-state index >= 15 is 0 Å². The molecule has 140 valence electrons. The third-order valence-corrected chi connectivity index (χ3v) is 4.47. The number of benzene rings is 2. The van der Waals surface area contributed by atoms with Crippen molar-refractivity contribution in [2.45, 2.75) is 46.3 Å². The normalized spacial score (nSPS) is 13.0. The summed E-state index contributed by atoms with van der Waals surface area (Å²) in [6.45, 7) is 8.12. The Bertz CT molecular complexity index is 748. The second-order valence-corrected chi connectivity index (χ2v) is 6.82. The van der Waals surface area contributed by atoms with Crippen molar-refractivity contribution in [3.8, 4) is 11.5 Å². The zero-order valence-corrected chi connectivity index (χ0v) is 16.5. The van der Waals surface area contributed by atoms with Gasteiger partial charge in [0.25, 0.3) is 5.91 Å². The summed E-state index contributed by atoms with van der Waals surface area (Å²) < 4.78 is 11.6. The standard InChI is InChI=1S/C21H26ClNO3/c1-5-19(26-17-10-11-18(22)15(3)12-17)21(24)23-16(4)13-25-20-9-7-6-8-14(20)2/h6-12,16,19H,5,13H2,1-4H3,(H,23,24)/t16-,19-/m1/s1. The average molecular weight is 376 g/mol. The van der Waals surface area contributed by atoms with Crippen LogP contribution in [0.4, 0.5) is 0 Å². The lowest BCUT2D eigenvalue weighted by Gasteiger charge is -2.21. The molecule has 0 saturated heterocycles. The number of halogens is 1. The highest BCUT2D eigenvalue weighted by atomic mass is 35.5. The highest BCUT2D eigenvalue weighted by Gasteiger charge is 2.20. The molecule has 0 bridgehead atoms. The fourth-order valence-corrected chi connectivity index (χ4v) is 2.61. The predicted molar refractivity (Wildman–Crippen MR) is 105 cm³/mol. The van der Waals surface area contributed by atoms with Crippen molar-refractivity contribution in [1.29, 1.82) is 0 Å². The molecule has 2 atom stereocenters. The molecule has 1 amide bonds. The molecule has 0 aliphatic heterocycles. The van der Waals surface area contributed by atoms with E-state index in [0.717, 1.165) is 16.9 Å². The molecule has 0 aliphatic rings. The zero-order valence-electron chi connectivity index (χ0n) is 15.7. The fourth-order valence-electron chi connectivity index (χ4n) is 2.49. The first-order valence-electron chi connectivity index (χ1n) is 8.82. The molecule has 0 fully saturated rings. The van der Waals surface area contributed by atoms with Crippen molar-refractivity contribution in [3.05, 3.63) is 58.6 Å². The topological polar surface area (TPSA) is 47.6 Å². The van der Waals surface area contributed by atoms with Crippen LogP contribution in [-0.4, -0.2) is 24.7 Å². The summed E-state index contributed by atoms with van der Waals surface area (Å²) in [6, 6.07) is 13.1. The molecule has 0 saturated carbocycles. The van der Waals surface area contributed by atoms with Crippen molar-refractivity contribution in [2.24, 2.45) is 0 Å². The van der Waals surface area contributed by atoms with Gasteiger partial charge >= 0.3 is 0 Å². The molecule has 5 heteroatoms. The third-order valence-electron chi connectivity index (χ3n) is 4.04. The number of para-hydroxylation sites is 1. The molecule has 4 nitrogen and oxygen atoms in total. The second kappa shape index (κ2) is 9.48. The lowest BCUT2D eigenvalue weighted by Crippen LogP contribution is -2.44. The summed E-state index contributed by atoms with van der Waals surface area (Å²) in [5.74, 6) is 1.31. The lowest BCUT2D eigenvalue weighted by molar-refractivity contribution is -0.128. The number of amides is 1. The SMILES string of the molecule is CC[C@@H](Oc1ccc(Cl)c(C)c1)C(=O)N[C@H](C)COc1ccccc1C. The summed E-state index contributed by atoms with van der Waals surface area (Å²) in [4.78, 5) is 12.5. The summed E-state index contributed by atoms with van der Waals surface area (Å²) >= 11 is 6.03. The van der Waals surface area contributed by atoms with Crippen LogP contribution in [0, 0.1) is 13.8 Å². The van der Waals surface area contributed by atoms with Crippen molar-refractivity contribution in [2.75, 3.05) is 6.61 Å². The van der Waals surface area contributed by atoms with Crippen LogP contribution < -0.4 is 14.8 Å². The average Bonchev–Trinajstić information content (AvgIpc) is 2.61. The van der Waals surface area contributed by atoms with E-state index in [1.165, 1.54) is 0 Å². The number of carbonyl (C=O) groups excluding carboxylic acids is 1. The zero-order chi connectivity index (χ0) is 19.1. The third kappa shape index (κ3) is 5.67. The monoisotopic (exact) mass is 375 g/mol. The summed E-state index contributed by atoms with van der Waals surface area (Å²) in [5, 5.41) is 3.63. The van der Waals surface area contributed by atoms with Crippen LogP contribution >= 0.6 is 11.6 Å². The Labute approximate surface area is 160 Å². The van der Waals surface area contributed by atoms with Gasteiger partial charge in [0, 0.05) is 5.02 Å². The highest BCUT2D eigenvalue weighted by molar-refractivity contribution is 6.31. The molecular formula is C21H26ClNO3. The highest BCUT2D eigenvalue weighted by Crippen LogP contribution is 2.22. The number of aryl methyl sites for hydroxylation is 2. The maximum absolute atomic E-state index is 12.5. The molecule has 0 spiro atoms. The summed E-state index contributed by atoms with van der Waals surface area (Å²) in [6.07, 6.45) is 0.00952. The number of nitrogens with one attached hydrogen (secondary N) is 1. The van der Waals surface area contributed by atoms with Gasteiger partial charge in [-0.3, -0.25) is 4.79 Å². The fraction of sp³-hybridized carbons (Fsp3) is 0.381. The van der Waals surface area contributed by atoms with Crippen LogP contribution in [0.5, 0.6) is 11.5 Å². The Kier molecular flexibility index (Phi) is 7.34. The molecular weight excluding hydrogens is 350 g/mol. The number of ether oxygens (including phenoxy) is 2.